The number of nitrogens with zero attached hydrogens (tertiary/aromatic N) is 2. The van der Waals surface area contributed by atoms with Gasteiger partial charge in [-0.2, -0.15) is 11.8 Å². The largest absolute Gasteiger partial charge is 0.369 e. The summed E-state index contributed by atoms with van der Waals surface area (Å²) in [7, 11) is 0. The van der Waals surface area contributed by atoms with Gasteiger partial charge >= 0.3 is 0 Å². The second kappa shape index (κ2) is 5.10. The van der Waals surface area contributed by atoms with Crippen LogP contribution in [0.3, 0.4) is 0 Å². The van der Waals surface area contributed by atoms with Gasteiger partial charge in [0.25, 0.3) is 0 Å². The van der Waals surface area contributed by atoms with E-state index in [1.54, 1.807) is 0 Å². The lowest BCUT2D eigenvalue weighted by Crippen LogP contribution is -2.04. The average molecular weight is 300 g/mol. The van der Waals surface area contributed by atoms with Gasteiger partial charge in [0.1, 0.15) is 0 Å². The minimum absolute atomic E-state index is 0.606. The number of aryl methyl sites for hydroxylation is 1. The number of fused-ring (bicyclic) bond motifs is 1. The second-order valence-corrected chi connectivity index (χ2v) is 5.50. The summed E-state index contributed by atoms with van der Waals surface area (Å²) in [6.45, 7) is 0.930. The molecule has 1 heterocycles. The molecule has 0 aliphatic carbocycles. The van der Waals surface area contributed by atoms with E-state index >= 15 is 0 Å². The summed E-state index contributed by atoms with van der Waals surface area (Å²) < 4.78 is 3.14. The number of nitrogen functional groups attached to an aromatic ring is 1. The highest BCUT2D eigenvalue weighted by Crippen LogP contribution is 2.22. The number of nitrogens with two attached hydrogens (primary N) is 1. The molecule has 0 saturated heterocycles. The molecule has 0 aliphatic rings. The number of benzene rings is 1. The molecule has 0 bridgehead atoms. The summed E-state index contributed by atoms with van der Waals surface area (Å²) >= 11 is 5.33. The lowest BCUT2D eigenvalue weighted by atomic mass is 10.3. The van der Waals surface area contributed by atoms with Crippen LogP contribution in [0.5, 0.6) is 0 Å². The first-order valence-corrected chi connectivity index (χ1v) is 7.31. The van der Waals surface area contributed by atoms with Crippen LogP contribution in [0.4, 0.5) is 5.95 Å². The lowest BCUT2D eigenvalue weighted by molar-refractivity contribution is 0.712. The predicted molar refractivity (Wildman–Crippen MR) is 74.8 cm³/mol. The standard InChI is InChI=1S/C11H14BrN3S/c1-16-6-2-5-15-10-7-8(12)3-4-9(10)14-11(15)13/h3-4,7H,2,5-6H2,1H3,(H2,13,14). The fraction of sp³-hybridized carbons (Fsp3) is 0.364. The monoisotopic (exact) mass is 299 g/mol. The van der Waals surface area contributed by atoms with Crippen LogP contribution < -0.4 is 5.73 Å². The minimum atomic E-state index is 0.606. The van der Waals surface area contributed by atoms with Crippen molar-refractivity contribution < 1.29 is 0 Å². The van der Waals surface area contributed by atoms with Crippen molar-refractivity contribution in [2.45, 2.75) is 13.0 Å². The molecule has 0 spiro atoms. The van der Waals surface area contributed by atoms with Crippen LogP contribution in [-0.2, 0) is 6.54 Å². The Labute approximate surface area is 108 Å². The molecule has 1 aromatic heterocycles. The van der Waals surface area contributed by atoms with Crippen molar-refractivity contribution in [3.05, 3.63) is 22.7 Å². The Morgan fingerprint density at radius 1 is 1.50 bits per heavy atom. The number of halogens is 1. The summed E-state index contributed by atoms with van der Waals surface area (Å²) in [6.07, 6.45) is 3.23. The van der Waals surface area contributed by atoms with Gasteiger partial charge in [-0.05, 0) is 36.6 Å². The molecule has 16 heavy (non-hydrogen) atoms. The quantitative estimate of drug-likeness (QED) is 0.882. The smallest absolute Gasteiger partial charge is 0.201 e. The van der Waals surface area contributed by atoms with Crippen molar-refractivity contribution in [2.75, 3.05) is 17.7 Å². The number of imidazole rings is 1. The molecule has 5 heteroatoms. The van der Waals surface area contributed by atoms with E-state index in [2.05, 4.69) is 37.8 Å². The van der Waals surface area contributed by atoms with E-state index in [0.717, 1.165) is 34.2 Å². The first-order valence-electron chi connectivity index (χ1n) is 5.12. The van der Waals surface area contributed by atoms with Crippen molar-refractivity contribution in [3.8, 4) is 0 Å². The van der Waals surface area contributed by atoms with Gasteiger partial charge in [0.2, 0.25) is 5.95 Å². The fourth-order valence-electron chi connectivity index (χ4n) is 1.72. The first kappa shape index (κ1) is 11.8. The molecule has 2 N–H and O–H groups in total. The summed E-state index contributed by atoms with van der Waals surface area (Å²) in [4.78, 5) is 4.35. The molecule has 2 rings (SSSR count). The summed E-state index contributed by atoms with van der Waals surface area (Å²) in [5.41, 5.74) is 7.98. The van der Waals surface area contributed by atoms with E-state index in [-0.39, 0.29) is 0 Å². The highest BCUT2D eigenvalue weighted by atomic mass is 79.9. The van der Waals surface area contributed by atoms with Crippen molar-refractivity contribution in [1.82, 2.24) is 9.55 Å². The van der Waals surface area contributed by atoms with Gasteiger partial charge in [-0.15, -0.1) is 0 Å². The van der Waals surface area contributed by atoms with Gasteiger partial charge in [-0.3, -0.25) is 0 Å². The molecule has 0 radical (unpaired) electrons. The van der Waals surface area contributed by atoms with Gasteiger partial charge < -0.3 is 10.3 Å². The summed E-state index contributed by atoms with van der Waals surface area (Å²) in [5, 5.41) is 0. The molecular formula is C11H14BrN3S. The van der Waals surface area contributed by atoms with E-state index in [9.17, 15) is 0 Å². The zero-order valence-corrected chi connectivity index (χ0v) is 11.5. The summed E-state index contributed by atoms with van der Waals surface area (Å²) in [5.74, 6) is 1.75. The Kier molecular flexibility index (Phi) is 3.76. The lowest BCUT2D eigenvalue weighted by Gasteiger charge is -2.05. The van der Waals surface area contributed by atoms with Crippen LogP contribution in [0.2, 0.25) is 0 Å². The van der Waals surface area contributed by atoms with Crippen molar-refractivity contribution in [3.63, 3.8) is 0 Å². The van der Waals surface area contributed by atoms with E-state index in [4.69, 9.17) is 5.73 Å². The van der Waals surface area contributed by atoms with E-state index < -0.39 is 0 Å². The first-order chi connectivity index (χ1) is 7.72. The maximum absolute atomic E-state index is 5.92. The second-order valence-electron chi connectivity index (χ2n) is 3.60. The van der Waals surface area contributed by atoms with Gasteiger partial charge in [-0.25, -0.2) is 4.98 Å². The van der Waals surface area contributed by atoms with Gasteiger partial charge in [0, 0.05) is 11.0 Å². The maximum atomic E-state index is 5.92. The number of hydrogen-bond acceptors (Lipinski definition) is 3. The average Bonchev–Trinajstić information content (AvgIpc) is 2.56. The minimum Gasteiger partial charge on any atom is -0.369 e. The number of aromatic nitrogens is 2. The number of hydrogen-bond donors (Lipinski definition) is 1. The van der Waals surface area contributed by atoms with Gasteiger partial charge in [-0.1, -0.05) is 15.9 Å². The highest BCUT2D eigenvalue weighted by Gasteiger charge is 2.07. The molecule has 0 saturated carbocycles. The molecule has 3 nitrogen and oxygen atoms in total. The Bertz CT molecular complexity index is 495. The molecule has 2 aromatic rings. The number of anilines is 1. The predicted octanol–water partition coefficient (Wildman–Crippen LogP) is 3.13. The SMILES string of the molecule is CSCCCn1c(N)nc2ccc(Br)cc21. The molecule has 86 valence electrons. The molecule has 0 fully saturated rings. The third-order valence-corrected chi connectivity index (χ3v) is 3.66. The van der Waals surface area contributed by atoms with Crippen LogP contribution in [0.15, 0.2) is 22.7 Å². The molecule has 0 amide bonds. The zero-order valence-electron chi connectivity index (χ0n) is 9.11. The third kappa shape index (κ3) is 2.35. The number of rotatable bonds is 4. The highest BCUT2D eigenvalue weighted by molar-refractivity contribution is 9.10. The third-order valence-electron chi connectivity index (χ3n) is 2.47. The van der Waals surface area contributed by atoms with Crippen molar-refractivity contribution >= 4 is 44.7 Å². The van der Waals surface area contributed by atoms with Crippen molar-refractivity contribution in [1.29, 1.82) is 0 Å². The Morgan fingerprint density at radius 3 is 3.06 bits per heavy atom. The van der Waals surface area contributed by atoms with E-state index in [0.29, 0.717) is 5.95 Å². The van der Waals surface area contributed by atoms with Crippen LogP contribution in [0, 0.1) is 0 Å². The van der Waals surface area contributed by atoms with Gasteiger partial charge in [0.05, 0.1) is 11.0 Å². The maximum Gasteiger partial charge on any atom is 0.201 e. The zero-order chi connectivity index (χ0) is 11.5. The fourth-order valence-corrected chi connectivity index (χ4v) is 2.48. The topological polar surface area (TPSA) is 43.8 Å². The van der Waals surface area contributed by atoms with Gasteiger partial charge in [0.15, 0.2) is 0 Å². The Hall–Kier alpha value is -0.680. The molecule has 0 aliphatic heterocycles. The van der Waals surface area contributed by atoms with Crippen molar-refractivity contribution in [2.24, 2.45) is 0 Å². The molecule has 0 unspecified atom stereocenters. The molecule has 1 aromatic carbocycles. The van der Waals surface area contributed by atoms with Crippen LogP contribution in [0.25, 0.3) is 11.0 Å². The number of thioether (sulfide) groups is 1. The summed E-state index contributed by atoms with van der Waals surface area (Å²) in [6, 6.07) is 6.04. The molecule has 0 atom stereocenters. The van der Waals surface area contributed by atoms with Crippen LogP contribution in [0.1, 0.15) is 6.42 Å². The van der Waals surface area contributed by atoms with Crippen LogP contribution >= 0.6 is 27.7 Å². The van der Waals surface area contributed by atoms with E-state index in [1.807, 2.05) is 23.9 Å². The normalized spacial score (nSPS) is 11.1. The Morgan fingerprint density at radius 2 is 2.31 bits per heavy atom. The Balaban J connectivity index is 2.34. The molecular weight excluding hydrogens is 286 g/mol. The van der Waals surface area contributed by atoms with Crippen LogP contribution in [-0.4, -0.2) is 21.6 Å². The van der Waals surface area contributed by atoms with E-state index in [1.165, 1.54) is 0 Å².